The van der Waals surface area contributed by atoms with Gasteiger partial charge in [0.2, 0.25) is 0 Å². The van der Waals surface area contributed by atoms with Gasteiger partial charge in [0.1, 0.15) is 5.69 Å². The summed E-state index contributed by atoms with van der Waals surface area (Å²) in [6, 6.07) is 7.46. The normalized spacial score (nSPS) is 10.5. The van der Waals surface area contributed by atoms with E-state index >= 15 is 0 Å². The zero-order valence-corrected chi connectivity index (χ0v) is 10.2. The fourth-order valence-electron chi connectivity index (χ4n) is 1.58. The zero-order valence-electron chi connectivity index (χ0n) is 10.2. The van der Waals surface area contributed by atoms with Gasteiger partial charge in [-0.3, -0.25) is 9.78 Å². The van der Waals surface area contributed by atoms with Gasteiger partial charge in [-0.25, -0.2) is 4.98 Å². The van der Waals surface area contributed by atoms with Crippen LogP contribution in [0.15, 0.2) is 30.5 Å². The molecule has 0 aliphatic heterocycles. The molecule has 0 spiro atoms. The monoisotopic (exact) mass is 245 g/mol. The molecule has 1 heterocycles. The van der Waals surface area contributed by atoms with Crippen LogP contribution in [0.2, 0.25) is 0 Å². The highest BCUT2D eigenvalue weighted by Gasteiger charge is 2.07. The van der Waals surface area contributed by atoms with Crippen LogP contribution in [0, 0.1) is 0 Å². The number of carbonyl (C=O) groups is 1. The fraction of sp³-hybridized carbons (Fsp3) is 0.308. The Morgan fingerprint density at radius 1 is 1.33 bits per heavy atom. The Bertz CT molecular complexity index is 543. The van der Waals surface area contributed by atoms with Crippen LogP contribution in [-0.4, -0.2) is 36.1 Å². The molecule has 18 heavy (non-hydrogen) atoms. The van der Waals surface area contributed by atoms with Crippen molar-refractivity contribution in [3.63, 3.8) is 0 Å². The van der Waals surface area contributed by atoms with E-state index in [4.69, 9.17) is 4.74 Å². The molecule has 0 saturated heterocycles. The Labute approximate surface area is 105 Å². The maximum Gasteiger partial charge on any atom is 0.271 e. The van der Waals surface area contributed by atoms with E-state index in [0.717, 1.165) is 17.5 Å². The summed E-state index contributed by atoms with van der Waals surface area (Å²) in [5, 5.41) is 2.78. The van der Waals surface area contributed by atoms with Gasteiger partial charge in [0.05, 0.1) is 17.2 Å². The second-order valence-corrected chi connectivity index (χ2v) is 3.85. The van der Waals surface area contributed by atoms with E-state index in [9.17, 15) is 4.79 Å². The van der Waals surface area contributed by atoms with E-state index < -0.39 is 0 Å². The molecule has 1 N–H and O–H groups in total. The number of ether oxygens (including phenoxy) is 1. The van der Waals surface area contributed by atoms with Crippen molar-refractivity contribution in [3.05, 3.63) is 36.2 Å². The number of hydrogen-bond donors (Lipinski definition) is 1. The second-order valence-electron chi connectivity index (χ2n) is 3.85. The Balaban J connectivity index is 2.04. The first kappa shape index (κ1) is 12.4. The third kappa shape index (κ3) is 3.01. The Morgan fingerprint density at radius 3 is 2.89 bits per heavy atom. The van der Waals surface area contributed by atoms with Crippen molar-refractivity contribution in [3.8, 4) is 0 Å². The Kier molecular flexibility index (Phi) is 4.20. The second kappa shape index (κ2) is 6.07. The summed E-state index contributed by atoms with van der Waals surface area (Å²) in [5.74, 6) is -0.204. The molecule has 0 fully saturated rings. The summed E-state index contributed by atoms with van der Waals surface area (Å²) in [4.78, 5) is 20.3. The van der Waals surface area contributed by atoms with Crippen molar-refractivity contribution in [1.82, 2.24) is 15.3 Å². The van der Waals surface area contributed by atoms with Gasteiger partial charge >= 0.3 is 0 Å². The van der Waals surface area contributed by atoms with Crippen molar-refractivity contribution < 1.29 is 9.53 Å². The molecule has 0 bridgehead atoms. The minimum absolute atomic E-state index is 0.204. The van der Waals surface area contributed by atoms with E-state index in [1.807, 2.05) is 24.3 Å². The minimum atomic E-state index is -0.204. The van der Waals surface area contributed by atoms with Crippen LogP contribution >= 0.6 is 0 Å². The van der Waals surface area contributed by atoms with E-state index in [0.29, 0.717) is 18.8 Å². The SMILES string of the molecule is COCCCNC(=O)c1cnc2ccccc2n1. The number of para-hydroxylation sites is 2. The van der Waals surface area contributed by atoms with E-state index in [1.54, 1.807) is 7.11 Å². The number of hydrogen-bond acceptors (Lipinski definition) is 4. The molecule has 2 aromatic rings. The first-order valence-corrected chi connectivity index (χ1v) is 5.80. The number of carbonyl (C=O) groups excluding carboxylic acids is 1. The molecular formula is C13H15N3O2. The molecule has 0 unspecified atom stereocenters. The summed E-state index contributed by atoms with van der Waals surface area (Å²) in [6.07, 6.45) is 2.28. The molecule has 0 radical (unpaired) electrons. The third-order valence-corrected chi connectivity index (χ3v) is 2.49. The van der Waals surface area contributed by atoms with Crippen molar-refractivity contribution in [2.75, 3.05) is 20.3 Å². The van der Waals surface area contributed by atoms with Gasteiger partial charge in [-0.15, -0.1) is 0 Å². The van der Waals surface area contributed by atoms with Crippen LogP contribution in [0.25, 0.3) is 11.0 Å². The lowest BCUT2D eigenvalue weighted by atomic mass is 10.3. The first-order valence-electron chi connectivity index (χ1n) is 5.80. The van der Waals surface area contributed by atoms with Crippen molar-refractivity contribution in [2.24, 2.45) is 0 Å². The maximum absolute atomic E-state index is 11.8. The highest BCUT2D eigenvalue weighted by atomic mass is 16.5. The number of aromatic nitrogens is 2. The molecular weight excluding hydrogens is 230 g/mol. The standard InChI is InChI=1S/C13H15N3O2/c1-18-8-4-7-14-13(17)12-9-15-10-5-2-3-6-11(10)16-12/h2-3,5-6,9H,4,7-8H2,1H3,(H,14,17). The summed E-state index contributed by atoms with van der Waals surface area (Å²) < 4.78 is 4.91. The number of benzene rings is 1. The molecule has 5 nitrogen and oxygen atoms in total. The summed E-state index contributed by atoms with van der Waals surface area (Å²) >= 11 is 0. The van der Waals surface area contributed by atoms with Crippen LogP contribution in [0.5, 0.6) is 0 Å². The van der Waals surface area contributed by atoms with Gasteiger partial charge in [0, 0.05) is 20.3 Å². The third-order valence-electron chi connectivity index (χ3n) is 2.49. The number of amides is 1. The van der Waals surface area contributed by atoms with Crippen molar-refractivity contribution in [1.29, 1.82) is 0 Å². The van der Waals surface area contributed by atoms with Crippen molar-refractivity contribution >= 4 is 16.9 Å². The number of methoxy groups -OCH3 is 1. The zero-order chi connectivity index (χ0) is 12.8. The quantitative estimate of drug-likeness (QED) is 0.809. The number of fused-ring (bicyclic) bond motifs is 1. The summed E-state index contributed by atoms with van der Waals surface area (Å²) in [5.41, 5.74) is 1.85. The predicted molar refractivity (Wildman–Crippen MR) is 68.4 cm³/mol. The van der Waals surface area contributed by atoms with Gasteiger partial charge in [-0.05, 0) is 18.6 Å². The molecule has 0 atom stereocenters. The molecule has 1 aromatic carbocycles. The van der Waals surface area contributed by atoms with Crippen LogP contribution in [-0.2, 0) is 4.74 Å². The smallest absolute Gasteiger partial charge is 0.271 e. The highest BCUT2D eigenvalue weighted by molar-refractivity contribution is 5.93. The summed E-state index contributed by atoms with van der Waals surface area (Å²) in [7, 11) is 1.64. The lowest BCUT2D eigenvalue weighted by Gasteiger charge is -2.04. The fourth-order valence-corrected chi connectivity index (χ4v) is 1.58. The molecule has 1 amide bonds. The minimum Gasteiger partial charge on any atom is -0.385 e. The van der Waals surface area contributed by atoms with Crippen molar-refractivity contribution in [2.45, 2.75) is 6.42 Å². The first-order chi connectivity index (χ1) is 8.81. The molecule has 0 aliphatic carbocycles. The van der Waals surface area contributed by atoms with Gasteiger partial charge in [-0.1, -0.05) is 12.1 Å². The van der Waals surface area contributed by atoms with E-state index in [2.05, 4.69) is 15.3 Å². The van der Waals surface area contributed by atoms with Crippen LogP contribution in [0.3, 0.4) is 0 Å². The van der Waals surface area contributed by atoms with Gasteiger partial charge in [-0.2, -0.15) is 0 Å². The highest BCUT2D eigenvalue weighted by Crippen LogP contribution is 2.08. The largest absolute Gasteiger partial charge is 0.385 e. The van der Waals surface area contributed by atoms with Gasteiger partial charge in [0.15, 0.2) is 0 Å². The molecule has 2 rings (SSSR count). The lowest BCUT2D eigenvalue weighted by Crippen LogP contribution is -2.26. The molecule has 1 aromatic heterocycles. The number of nitrogens with one attached hydrogen (secondary N) is 1. The van der Waals surface area contributed by atoms with Crippen LogP contribution < -0.4 is 5.32 Å². The Morgan fingerprint density at radius 2 is 2.11 bits per heavy atom. The van der Waals surface area contributed by atoms with Crippen LogP contribution in [0.1, 0.15) is 16.9 Å². The topological polar surface area (TPSA) is 64.1 Å². The van der Waals surface area contributed by atoms with Gasteiger partial charge in [0.25, 0.3) is 5.91 Å². The average Bonchev–Trinajstić information content (AvgIpc) is 2.43. The van der Waals surface area contributed by atoms with E-state index in [-0.39, 0.29) is 5.91 Å². The number of rotatable bonds is 5. The van der Waals surface area contributed by atoms with Gasteiger partial charge < -0.3 is 10.1 Å². The molecule has 94 valence electrons. The predicted octanol–water partition coefficient (Wildman–Crippen LogP) is 1.40. The molecule has 5 heteroatoms. The Hall–Kier alpha value is -2.01. The van der Waals surface area contributed by atoms with E-state index in [1.165, 1.54) is 6.20 Å². The number of nitrogens with zero attached hydrogens (tertiary/aromatic N) is 2. The molecule has 0 saturated carbocycles. The molecule has 0 aliphatic rings. The van der Waals surface area contributed by atoms with Crippen LogP contribution in [0.4, 0.5) is 0 Å². The maximum atomic E-state index is 11.8. The average molecular weight is 245 g/mol. The summed E-state index contributed by atoms with van der Waals surface area (Å²) in [6.45, 7) is 1.20. The lowest BCUT2D eigenvalue weighted by molar-refractivity contribution is 0.0943.